The minimum absolute atomic E-state index is 0.236. The molecule has 24 heavy (non-hydrogen) atoms. The molecule has 0 aliphatic carbocycles. The first-order chi connectivity index (χ1) is 11.5. The molecule has 0 bridgehead atoms. The zero-order valence-corrected chi connectivity index (χ0v) is 14.9. The summed E-state index contributed by atoms with van der Waals surface area (Å²) in [5.74, 6) is 1.66. The number of para-hydroxylation sites is 2. The average molecular weight is 328 g/mol. The summed E-state index contributed by atoms with van der Waals surface area (Å²) in [6, 6.07) is 8.04. The molecule has 0 unspecified atom stereocenters. The zero-order valence-electron chi connectivity index (χ0n) is 14.9. The van der Waals surface area contributed by atoms with Gasteiger partial charge in [-0.2, -0.15) is 0 Å². The Kier molecular flexibility index (Phi) is 5.31. The average Bonchev–Trinajstić information content (AvgIpc) is 2.55. The minimum atomic E-state index is -0.236. The van der Waals surface area contributed by atoms with Crippen molar-refractivity contribution in [3.8, 4) is 0 Å². The van der Waals surface area contributed by atoms with Gasteiger partial charge in [0.25, 0.3) is 0 Å². The van der Waals surface area contributed by atoms with Crippen molar-refractivity contribution >= 4 is 16.9 Å². The van der Waals surface area contributed by atoms with Crippen LogP contribution < -0.4 is 4.90 Å². The highest BCUT2D eigenvalue weighted by atomic mass is 16.3. The first-order valence-electron chi connectivity index (χ1n) is 8.88. The molecule has 0 spiro atoms. The third kappa shape index (κ3) is 4.02. The third-order valence-electron chi connectivity index (χ3n) is 4.84. The Morgan fingerprint density at radius 2 is 1.83 bits per heavy atom. The van der Waals surface area contributed by atoms with Gasteiger partial charge in [0.2, 0.25) is 0 Å². The lowest BCUT2D eigenvalue weighted by Crippen LogP contribution is -2.40. The van der Waals surface area contributed by atoms with E-state index in [0.717, 1.165) is 48.7 Å². The molecule has 1 saturated heterocycles. The molecule has 1 aromatic carbocycles. The van der Waals surface area contributed by atoms with Crippen molar-refractivity contribution < 1.29 is 5.11 Å². The Labute approximate surface area is 144 Å². The van der Waals surface area contributed by atoms with Crippen molar-refractivity contribution in [2.75, 3.05) is 38.1 Å². The molecule has 5 heteroatoms. The van der Waals surface area contributed by atoms with Crippen molar-refractivity contribution in [2.24, 2.45) is 5.92 Å². The smallest absolute Gasteiger partial charge is 0.150 e. The predicted molar refractivity (Wildman–Crippen MR) is 98.4 cm³/mol. The summed E-state index contributed by atoms with van der Waals surface area (Å²) in [6.07, 6.45) is 2.12. The molecule has 0 saturated carbocycles. The van der Waals surface area contributed by atoms with Crippen molar-refractivity contribution in [1.29, 1.82) is 0 Å². The molecular formula is C19H28N4O. The van der Waals surface area contributed by atoms with E-state index in [1.807, 2.05) is 38.1 Å². The predicted octanol–water partition coefficient (Wildman–Crippen LogP) is 2.47. The van der Waals surface area contributed by atoms with Gasteiger partial charge in [-0.15, -0.1) is 0 Å². The lowest BCUT2D eigenvalue weighted by Gasteiger charge is -2.34. The highest BCUT2D eigenvalue weighted by molar-refractivity contribution is 5.76. The SMILES string of the molecule is Cc1nc2ccccc2nc1N(C)CC1CCN(C[C@H](C)O)CC1. The maximum Gasteiger partial charge on any atom is 0.150 e. The van der Waals surface area contributed by atoms with Crippen LogP contribution in [0.5, 0.6) is 0 Å². The summed E-state index contributed by atoms with van der Waals surface area (Å²) in [4.78, 5) is 14.1. The Hall–Kier alpha value is -1.72. The molecule has 2 aromatic rings. The van der Waals surface area contributed by atoms with Crippen molar-refractivity contribution in [2.45, 2.75) is 32.8 Å². The number of hydrogen-bond acceptors (Lipinski definition) is 5. The number of aryl methyl sites for hydroxylation is 1. The van der Waals surface area contributed by atoms with Gasteiger partial charge in [-0.1, -0.05) is 12.1 Å². The second kappa shape index (κ2) is 7.45. The minimum Gasteiger partial charge on any atom is -0.392 e. The van der Waals surface area contributed by atoms with E-state index in [2.05, 4.69) is 16.8 Å². The van der Waals surface area contributed by atoms with Crippen LogP contribution in [0.4, 0.5) is 5.82 Å². The number of likely N-dealkylation sites (tertiary alicyclic amines) is 1. The van der Waals surface area contributed by atoms with E-state index in [9.17, 15) is 5.11 Å². The molecule has 1 atom stereocenters. The maximum absolute atomic E-state index is 9.52. The van der Waals surface area contributed by atoms with E-state index < -0.39 is 0 Å². The summed E-state index contributed by atoms with van der Waals surface area (Å²) in [6.45, 7) is 7.85. The number of aromatic nitrogens is 2. The quantitative estimate of drug-likeness (QED) is 0.914. The van der Waals surface area contributed by atoms with Crippen LogP contribution in [0.25, 0.3) is 11.0 Å². The molecule has 1 aliphatic rings. The van der Waals surface area contributed by atoms with Gasteiger partial charge in [-0.05, 0) is 57.8 Å². The number of hydrogen-bond donors (Lipinski definition) is 1. The van der Waals surface area contributed by atoms with Crippen molar-refractivity contribution in [3.63, 3.8) is 0 Å². The first kappa shape index (κ1) is 17.1. The summed E-state index contributed by atoms with van der Waals surface area (Å²) in [7, 11) is 2.12. The number of β-amino-alcohol motifs (C(OH)–C–C–N with tert-alkyl or cyclic N) is 1. The Morgan fingerprint density at radius 1 is 1.21 bits per heavy atom. The summed E-state index contributed by atoms with van der Waals surface area (Å²) >= 11 is 0. The van der Waals surface area contributed by atoms with Crippen LogP contribution in [0, 0.1) is 12.8 Å². The number of fused-ring (bicyclic) bond motifs is 1. The van der Waals surface area contributed by atoms with Crippen LogP contribution in [0.1, 0.15) is 25.5 Å². The first-order valence-corrected chi connectivity index (χ1v) is 8.88. The number of anilines is 1. The Balaban J connectivity index is 1.63. The number of nitrogens with zero attached hydrogens (tertiary/aromatic N) is 4. The monoisotopic (exact) mass is 328 g/mol. The molecule has 1 fully saturated rings. The van der Waals surface area contributed by atoms with E-state index in [0.29, 0.717) is 5.92 Å². The van der Waals surface area contributed by atoms with Crippen LogP contribution in [0.2, 0.25) is 0 Å². The third-order valence-corrected chi connectivity index (χ3v) is 4.84. The molecule has 2 heterocycles. The van der Waals surface area contributed by atoms with Crippen LogP contribution in [0.15, 0.2) is 24.3 Å². The maximum atomic E-state index is 9.52. The van der Waals surface area contributed by atoms with Crippen LogP contribution in [-0.4, -0.2) is 59.3 Å². The second-order valence-electron chi connectivity index (χ2n) is 7.09. The highest BCUT2D eigenvalue weighted by Gasteiger charge is 2.22. The normalized spacial score (nSPS) is 18.0. The van der Waals surface area contributed by atoms with Gasteiger partial charge in [0.15, 0.2) is 5.82 Å². The second-order valence-corrected chi connectivity index (χ2v) is 7.09. The molecule has 1 N–H and O–H groups in total. The fourth-order valence-electron chi connectivity index (χ4n) is 3.64. The lowest BCUT2D eigenvalue weighted by atomic mass is 9.96. The fraction of sp³-hybridized carbons (Fsp3) is 0.579. The molecule has 3 rings (SSSR count). The number of piperidine rings is 1. The van der Waals surface area contributed by atoms with Crippen LogP contribution in [0.3, 0.4) is 0 Å². The van der Waals surface area contributed by atoms with E-state index in [-0.39, 0.29) is 6.10 Å². The molecule has 0 amide bonds. The van der Waals surface area contributed by atoms with Crippen LogP contribution >= 0.6 is 0 Å². The summed E-state index contributed by atoms with van der Waals surface area (Å²) in [5, 5.41) is 9.52. The van der Waals surface area contributed by atoms with Gasteiger partial charge < -0.3 is 14.9 Å². The van der Waals surface area contributed by atoms with E-state index in [1.165, 1.54) is 12.8 Å². The Bertz CT molecular complexity index is 680. The van der Waals surface area contributed by atoms with E-state index >= 15 is 0 Å². The van der Waals surface area contributed by atoms with Gasteiger partial charge in [0, 0.05) is 20.1 Å². The largest absolute Gasteiger partial charge is 0.392 e. The van der Waals surface area contributed by atoms with Gasteiger partial charge in [-0.25, -0.2) is 9.97 Å². The fourth-order valence-corrected chi connectivity index (χ4v) is 3.64. The number of rotatable bonds is 5. The van der Waals surface area contributed by atoms with E-state index in [1.54, 1.807) is 0 Å². The highest BCUT2D eigenvalue weighted by Crippen LogP contribution is 2.23. The van der Waals surface area contributed by atoms with Crippen molar-refractivity contribution in [3.05, 3.63) is 30.0 Å². The number of aliphatic hydroxyl groups is 1. The molecule has 5 nitrogen and oxygen atoms in total. The molecule has 0 radical (unpaired) electrons. The lowest BCUT2D eigenvalue weighted by molar-refractivity contribution is 0.101. The van der Waals surface area contributed by atoms with E-state index in [4.69, 9.17) is 9.97 Å². The molecular weight excluding hydrogens is 300 g/mol. The standard InChI is InChI=1S/C19H28N4O/c1-14(24)12-23-10-8-16(9-11-23)13-22(3)19-15(2)20-17-6-4-5-7-18(17)21-19/h4-7,14,16,24H,8-13H2,1-3H3/t14-/m0/s1. The number of benzene rings is 1. The number of aliphatic hydroxyl groups excluding tert-OH is 1. The topological polar surface area (TPSA) is 52.5 Å². The van der Waals surface area contributed by atoms with Gasteiger partial charge in [0.1, 0.15) is 0 Å². The Morgan fingerprint density at radius 3 is 2.46 bits per heavy atom. The molecule has 1 aliphatic heterocycles. The van der Waals surface area contributed by atoms with Crippen LogP contribution in [-0.2, 0) is 0 Å². The van der Waals surface area contributed by atoms with Gasteiger partial charge in [-0.3, -0.25) is 0 Å². The summed E-state index contributed by atoms with van der Waals surface area (Å²) < 4.78 is 0. The molecule has 130 valence electrons. The molecule has 1 aromatic heterocycles. The van der Waals surface area contributed by atoms with Crippen molar-refractivity contribution in [1.82, 2.24) is 14.9 Å². The summed E-state index contributed by atoms with van der Waals surface area (Å²) in [5.41, 5.74) is 2.90. The zero-order chi connectivity index (χ0) is 17.1. The van der Waals surface area contributed by atoms with Gasteiger partial charge >= 0.3 is 0 Å². The van der Waals surface area contributed by atoms with Gasteiger partial charge in [0.05, 0.1) is 22.8 Å².